The number of para-hydroxylation sites is 1. The summed E-state index contributed by atoms with van der Waals surface area (Å²) in [6, 6.07) is 21.7. The van der Waals surface area contributed by atoms with Crippen molar-refractivity contribution in [1.29, 1.82) is 0 Å². The Morgan fingerprint density at radius 2 is 1.76 bits per heavy atom. The second-order valence-corrected chi connectivity index (χ2v) is 5.90. The van der Waals surface area contributed by atoms with Gasteiger partial charge >= 0.3 is 0 Å². The van der Waals surface area contributed by atoms with Gasteiger partial charge < -0.3 is 9.64 Å². The SMILES string of the molecule is C=CCOc1ccccc1C(=O)N(C)Cc1cccc2ccccc12. The quantitative estimate of drug-likeness (QED) is 0.614. The molecule has 0 heterocycles. The van der Waals surface area contributed by atoms with Gasteiger partial charge in [-0.3, -0.25) is 4.79 Å². The molecule has 1 amide bonds. The largest absolute Gasteiger partial charge is 0.489 e. The van der Waals surface area contributed by atoms with Crippen LogP contribution in [0.1, 0.15) is 15.9 Å². The summed E-state index contributed by atoms with van der Waals surface area (Å²) >= 11 is 0. The van der Waals surface area contributed by atoms with Crippen LogP contribution >= 0.6 is 0 Å². The molecule has 3 nitrogen and oxygen atoms in total. The molecular formula is C22H21NO2. The number of hydrogen-bond acceptors (Lipinski definition) is 2. The Labute approximate surface area is 148 Å². The Kier molecular flexibility index (Phi) is 5.14. The van der Waals surface area contributed by atoms with Crippen LogP contribution in [0.5, 0.6) is 5.75 Å². The van der Waals surface area contributed by atoms with E-state index in [0.717, 1.165) is 5.56 Å². The van der Waals surface area contributed by atoms with Crippen molar-refractivity contribution in [3.63, 3.8) is 0 Å². The highest BCUT2D eigenvalue weighted by Gasteiger charge is 2.17. The number of carbonyl (C=O) groups excluding carboxylic acids is 1. The normalized spacial score (nSPS) is 10.4. The molecule has 0 spiro atoms. The van der Waals surface area contributed by atoms with Crippen LogP contribution in [-0.2, 0) is 6.54 Å². The first-order valence-electron chi connectivity index (χ1n) is 8.25. The smallest absolute Gasteiger partial charge is 0.257 e. The van der Waals surface area contributed by atoms with Gasteiger partial charge in [0.05, 0.1) is 5.56 Å². The topological polar surface area (TPSA) is 29.5 Å². The lowest BCUT2D eigenvalue weighted by Crippen LogP contribution is -2.26. The number of ether oxygens (including phenoxy) is 1. The minimum absolute atomic E-state index is 0.0624. The van der Waals surface area contributed by atoms with E-state index >= 15 is 0 Å². The zero-order valence-corrected chi connectivity index (χ0v) is 14.3. The molecule has 0 bridgehead atoms. The summed E-state index contributed by atoms with van der Waals surface area (Å²) in [7, 11) is 1.81. The fraction of sp³-hybridized carbons (Fsp3) is 0.136. The van der Waals surface area contributed by atoms with Crippen molar-refractivity contribution in [3.8, 4) is 5.75 Å². The Morgan fingerprint density at radius 3 is 2.60 bits per heavy atom. The first-order chi connectivity index (χ1) is 12.2. The second kappa shape index (κ2) is 7.67. The van der Waals surface area contributed by atoms with E-state index in [-0.39, 0.29) is 5.91 Å². The van der Waals surface area contributed by atoms with Crippen LogP contribution in [0.4, 0.5) is 0 Å². The van der Waals surface area contributed by atoms with Gasteiger partial charge in [-0.05, 0) is 28.5 Å². The lowest BCUT2D eigenvalue weighted by Gasteiger charge is -2.20. The molecule has 25 heavy (non-hydrogen) atoms. The van der Waals surface area contributed by atoms with Crippen molar-refractivity contribution in [3.05, 3.63) is 90.5 Å². The van der Waals surface area contributed by atoms with Crippen LogP contribution in [0.25, 0.3) is 10.8 Å². The maximum Gasteiger partial charge on any atom is 0.257 e. The highest BCUT2D eigenvalue weighted by Crippen LogP contribution is 2.23. The summed E-state index contributed by atoms with van der Waals surface area (Å²) in [6.45, 7) is 4.56. The molecule has 0 atom stereocenters. The fourth-order valence-corrected chi connectivity index (χ4v) is 2.88. The minimum Gasteiger partial charge on any atom is -0.489 e. The van der Waals surface area contributed by atoms with Gasteiger partial charge in [0.2, 0.25) is 0 Å². The van der Waals surface area contributed by atoms with Gasteiger partial charge in [-0.2, -0.15) is 0 Å². The number of benzene rings is 3. The molecule has 0 saturated carbocycles. The van der Waals surface area contributed by atoms with Crippen LogP contribution in [0.15, 0.2) is 79.4 Å². The van der Waals surface area contributed by atoms with Crippen molar-refractivity contribution >= 4 is 16.7 Å². The minimum atomic E-state index is -0.0624. The van der Waals surface area contributed by atoms with Gasteiger partial charge in [0.1, 0.15) is 12.4 Å². The third-order valence-corrected chi connectivity index (χ3v) is 4.11. The summed E-state index contributed by atoms with van der Waals surface area (Å²) in [5, 5.41) is 2.34. The number of nitrogens with zero attached hydrogens (tertiary/aromatic N) is 1. The van der Waals surface area contributed by atoms with Crippen molar-refractivity contribution in [1.82, 2.24) is 4.90 Å². The molecule has 0 aromatic heterocycles. The fourth-order valence-electron chi connectivity index (χ4n) is 2.88. The third kappa shape index (κ3) is 3.72. The Balaban J connectivity index is 1.85. The average Bonchev–Trinajstić information content (AvgIpc) is 2.66. The van der Waals surface area contributed by atoms with E-state index in [1.807, 2.05) is 43.4 Å². The van der Waals surface area contributed by atoms with E-state index in [1.54, 1.807) is 17.0 Å². The number of carbonyl (C=O) groups is 1. The van der Waals surface area contributed by atoms with E-state index < -0.39 is 0 Å². The molecule has 0 aliphatic heterocycles. The van der Waals surface area contributed by atoms with E-state index in [4.69, 9.17) is 4.74 Å². The molecule has 3 aromatic carbocycles. The molecule has 0 aliphatic rings. The van der Waals surface area contributed by atoms with Crippen LogP contribution in [-0.4, -0.2) is 24.5 Å². The molecule has 3 rings (SSSR count). The highest BCUT2D eigenvalue weighted by atomic mass is 16.5. The van der Waals surface area contributed by atoms with Gasteiger partial charge in [-0.25, -0.2) is 0 Å². The van der Waals surface area contributed by atoms with E-state index in [2.05, 4.69) is 30.8 Å². The molecular weight excluding hydrogens is 310 g/mol. The van der Waals surface area contributed by atoms with Crippen LogP contribution < -0.4 is 4.74 Å². The van der Waals surface area contributed by atoms with Gasteiger partial charge in [0.25, 0.3) is 5.91 Å². The zero-order chi connectivity index (χ0) is 17.6. The van der Waals surface area contributed by atoms with Crippen molar-refractivity contribution in [2.24, 2.45) is 0 Å². The van der Waals surface area contributed by atoms with Gasteiger partial charge in [0, 0.05) is 13.6 Å². The monoisotopic (exact) mass is 331 g/mol. The first-order valence-corrected chi connectivity index (χ1v) is 8.25. The van der Waals surface area contributed by atoms with Gasteiger partial charge in [-0.1, -0.05) is 67.3 Å². The van der Waals surface area contributed by atoms with Crippen molar-refractivity contribution < 1.29 is 9.53 Å². The molecule has 0 unspecified atom stereocenters. The molecule has 126 valence electrons. The van der Waals surface area contributed by atoms with Crippen molar-refractivity contribution in [2.75, 3.05) is 13.7 Å². The van der Waals surface area contributed by atoms with Crippen LogP contribution in [0.2, 0.25) is 0 Å². The van der Waals surface area contributed by atoms with Crippen LogP contribution in [0.3, 0.4) is 0 Å². The highest BCUT2D eigenvalue weighted by molar-refractivity contribution is 5.97. The lowest BCUT2D eigenvalue weighted by atomic mass is 10.0. The molecule has 0 radical (unpaired) electrons. The molecule has 3 aromatic rings. The summed E-state index contributed by atoms with van der Waals surface area (Å²) in [6.07, 6.45) is 1.67. The Morgan fingerprint density at radius 1 is 1.04 bits per heavy atom. The summed E-state index contributed by atoms with van der Waals surface area (Å²) in [4.78, 5) is 14.6. The predicted octanol–water partition coefficient (Wildman–Crippen LogP) is 4.68. The number of hydrogen-bond donors (Lipinski definition) is 0. The zero-order valence-electron chi connectivity index (χ0n) is 14.3. The van der Waals surface area contributed by atoms with Gasteiger partial charge in [-0.15, -0.1) is 0 Å². The predicted molar refractivity (Wildman–Crippen MR) is 102 cm³/mol. The maximum absolute atomic E-state index is 12.9. The second-order valence-electron chi connectivity index (χ2n) is 5.90. The summed E-state index contributed by atoms with van der Waals surface area (Å²) in [5.41, 5.74) is 1.69. The van der Waals surface area contributed by atoms with Crippen molar-refractivity contribution in [2.45, 2.75) is 6.54 Å². The molecule has 0 fully saturated rings. The van der Waals surface area contributed by atoms with E-state index in [1.165, 1.54) is 10.8 Å². The third-order valence-electron chi connectivity index (χ3n) is 4.11. The number of rotatable bonds is 6. The molecule has 0 saturated heterocycles. The maximum atomic E-state index is 12.9. The summed E-state index contributed by atoms with van der Waals surface area (Å²) < 4.78 is 5.61. The van der Waals surface area contributed by atoms with Gasteiger partial charge in [0.15, 0.2) is 0 Å². The standard InChI is InChI=1S/C22H21NO2/c1-3-15-25-21-14-7-6-13-20(21)22(24)23(2)16-18-11-8-10-17-9-4-5-12-19(17)18/h3-14H,1,15-16H2,2H3. The van der Waals surface area contributed by atoms with E-state index in [0.29, 0.717) is 24.5 Å². The summed E-state index contributed by atoms with van der Waals surface area (Å²) in [5.74, 6) is 0.518. The Hall–Kier alpha value is -3.07. The Bertz CT molecular complexity index is 896. The average molecular weight is 331 g/mol. The number of amides is 1. The molecule has 0 N–H and O–H groups in total. The van der Waals surface area contributed by atoms with E-state index in [9.17, 15) is 4.79 Å². The first kappa shape index (κ1) is 16.8. The molecule has 0 aliphatic carbocycles. The lowest BCUT2D eigenvalue weighted by molar-refractivity contribution is 0.0781. The molecule has 3 heteroatoms. The number of fused-ring (bicyclic) bond motifs is 1. The van der Waals surface area contributed by atoms with Crippen LogP contribution in [0, 0.1) is 0 Å².